The van der Waals surface area contributed by atoms with Gasteiger partial charge in [-0.25, -0.2) is 8.78 Å². The summed E-state index contributed by atoms with van der Waals surface area (Å²) in [6.45, 7) is 8.04. The Morgan fingerprint density at radius 3 is 2.38 bits per heavy atom. The Labute approximate surface area is 172 Å². The maximum Gasteiger partial charge on any atom is 0.150 e. The van der Waals surface area contributed by atoms with Gasteiger partial charge in [0.05, 0.1) is 5.70 Å². The van der Waals surface area contributed by atoms with Gasteiger partial charge in [-0.05, 0) is 62.4 Å². The SMILES string of the molecule is C/C(Nc1ccc(F)cc1)=C(/N)c1ccc(C=O)c(CN(C)CC(C)F)c1.CC. The molecular formula is C23H31F2N3O. The number of rotatable bonds is 8. The average Bonchev–Trinajstić information content (AvgIpc) is 2.70. The van der Waals surface area contributed by atoms with Crippen LogP contribution < -0.4 is 11.1 Å². The standard InChI is InChI=1S/C21H25F2N3O.C2H6/c1-14(22)11-26(3)12-18-10-16(4-5-17(18)13-27)21(24)15(2)25-20-8-6-19(23)7-9-20;1-2/h4-10,13-14,25H,11-12,24H2,1-3H3;1-2H3/b21-15-;. The highest BCUT2D eigenvalue weighted by Crippen LogP contribution is 2.20. The van der Waals surface area contributed by atoms with Crippen LogP contribution in [0.4, 0.5) is 14.5 Å². The summed E-state index contributed by atoms with van der Waals surface area (Å²) in [4.78, 5) is 13.2. The second-order valence-electron chi connectivity index (χ2n) is 6.68. The van der Waals surface area contributed by atoms with Crippen LogP contribution in [0.15, 0.2) is 48.2 Å². The van der Waals surface area contributed by atoms with Crippen molar-refractivity contribution in [1.82, 2.24) is 4.90 Å². The molecule has 1 atom stereocenters. The van der Waals surface area contributed by atoms with E-state index in [4.69, 9.17) is 5.73 Å². The molecule has 0 fully saturated rings. The molecule has 0 saturated heterocycles. The fourth-order valence-electron chi connectivity index (χ4n) is 2.84. The van der Waals surface area contributed by atoms with E-state index in [1.165, 1.54) is 19.1 Å². The first-order valence-electron chi connectivity index (χ1n) is 9.70. The summed E-state index contributed by atoms with van der Waals surface area (Å²) in [6, 6.07) is 11.3. The molecule has 29 heavy (non-hydrogen) atoms. The van der Waals surface area contributed by atoms with Crippen LogP contribution in [0.3, 0.4) is 0 Å². The van der Waals surface area contributed by atoms with Crippen molar-refractivity contribution in [3.8, 4) is 0 Å². The Kier molecular flexibility index (Phi) is 10.0. The number of carbonyl (C=O) groups is 1. The third-order valence-electron chi connectivity index (χ3n) is 4.16. The zero-order valence-corrected chi connectivity index (χ0v) is 17.8. The van der Waals surface area contributed by atoms with Crippen LogP contribution in [0.1, 0.15) is 49.2 Å². The fourth-order valence-corrected chi connectivity index (χ4v) is 2.84. The summed E-state index contributed by atoms with van der Waals surface area (Å²) < 4.78 is 26.2. The van der Waals surface area contributed by atoms with Crippen molar-refractivity contribution in [3.05, 3.63) is 70.7 Å². The quantitative estimate of drug-likeness (QED) is 0.594. The smallest absolute Gasteiger partial charge is 0.150 e. The number of allylic oxidation sites excluding steroid dienone is 1. The first-order valence-corrected chi connectivity index (χ1v) is 9.70. The molecule has 2 aromatic carbocycles. The van der Waals surface area contributed by atoms with E-state index in [9.17, 15) is 13.6 Å². The van der Waals surface area contributed by atoms with Crippen molar-refractivity contribution >= 4 is 17.7 Å². The highest BCUT2D eigenvalue weighted by Gasteiger charge is 2.11. The van der Waals surface area contributed by atoms with Gasteiger partial charge >= 0.3 is 0 Å². The lowest BCUT2D eigenvalue weighted by Crippen LogP contribution is -2.25. The minimum atomic E-state index is -0.954. The lowest BCUT2D eigenvalue weighted by Gasteiger charge is -2.19. The normalized spacial score (nSPS) is 12.6. The van der Waals surface area contributed by atoms with E-state index < -0.39 is 6.17 Å². The number of alkyl halides is 1. The van der Waals surface area contributed by atoms with Gasteiger partial charge in [-0.3, -0.25) is 9.69 Å². The Balaban J connectivity index is 0.00000204. The van der Waals surface area contributed by atoms with Gasteiger partial charge in [-0.15, -0.1) is 0 Å². The number of hydrogen-bond acceptors (Lipinski definition) is 4. The van der Waals surface area contributed by atoms with Crippen molar-refractivity contribution in [1.29, 1.82) is 0 Å². The Morgan fingerprint density at radius 2 is 1.83 bits per heavy atom. The Bertz CT molecular complexity index is 817. The minimum Gasteiger partial charge on any atom is -0.397 e. The summed E-state index contributed by atoms with van der Waals surface area (Å²) in [7, 11) is 1.80. The number of benzene rings is 2. The van der Waals surface area contributed by atoms with Crippen molar-refractivity contribution in [3.63, 3.8) is 0 Å². The van der Waals surface area contributed by atoms with E-state index >= 15 is 0 Å². The molecule has 1 unspecified atom stereocenters. The van der Waals surface area contributed by atoms with Crippen LogP contribution in [0.5, 0.6) is 0 Å². The van der Waals surface area contributed by atoms with Gasteiger partial charge < -0.3 is 11.1 Å². The maximum absolute atomic E-state index is 13.2. The first-order chi connectivity index (χ1) is 13.8. The summed E-state index contributed by atoms with van der Waals surface area (Å²) in [5.74, 6) is -0.309. The summed E-state index contributed by atoms with van der Waals surface area (Å²) in [5.41, 5.74) is 10.3. The molecule has 0 aliphatic carbocycles. The average molecular weight is 404 g/mol. The summed E-state index contributed by atoms with van der Waals surface area (Å²) >= 11 is 0. The van der Waals surface area contributed by atoms with Crippen LogP contribution in [0.2, 0.25) is 0 Å². The van der Waals surface area contributed by atoms with Crippen molar-refractivity contribution in [2.45, 2.75) is 40.4 Å². The molecule has 0 aliphatic heterocycles. The highest BCUT2D eigenvalue weighted by molar-refractivity contribution is 5.79. The van der Waals surface area contributed by atoms with Gasteiger partial charge in [0, 0.05) is 30.0 Å². The number of nitrogens with two attached hydrogens (primary N) is 1. The van der Waals surface area contributed by atoms with Crippen molar-refractivity contribution in [2.75, 3.05) is 18.9 Å². The number of carbonyl (C=O) groups excluding carboxylic acids is 1. The van der Waals surface area contributed by atoms with E-state index in [-0.39, 0.29) is 12.4 Å². The predicted molar refractivity (Wildman–Crippen MR) is 117 cm³/mol. The fraction of sp³-hybridized carbons (Fsp3) is 0.348. The molecule has 0 radical (unpaired) electrons. The Morgan fingerprint density at radius 1 is 1.21 bits per heavy atom. The monoisotopic (exact) mass is 403 g/mol. The number of anilines is 1. The zero-order valence-electron chi connectivity index (χ0n) is 17.8. The molecule has 2 aromatic rings. The van der Waals surface area contributed by atoms with Crippen molar-refractivity contribution < 1.29 is 13.6 Å². The van der Waals surface area contributed by atoms with E-state index in [0.717, 1.165) is 23.1 Å². The van der Waals surface area contributed by atoms with Gasteiger partial charge in [-0.2, -0.15) is 0 Å². The molecular weight excluding hydrogens is 372 g/mol. The lowest BCUT2D eigenvalue weighted by molar-refractivity contribution is 0.112. The largest absolute Gasteiger partial charge is 0.397 e. The highest BCUT2D eigenvalue weighted by atomic mass is 19.1. The molecule has 0 aliphatic rings. The zero-order chi connectivity index (χ0) is 22.0. The van der Waals surface area contributed by atoms with Crippen LogP contribution in [0.25, 0.3) is 5.70 Å². The Hall–Kier alpha value is -2.73. The first kappa shape index (κ1) is 24.3. The maximum atomic E-state index is 13.2. The molecule has 2 rings (SSSR count). The van der Waals surface area contributed by atoms with E-state index in [2.05, 4.69) is 5.32 Å². The molecule has 3 N–H and O–H groups in total. The summed E-state index contributed by atoms with van der Waals surface area (Å²) in [6.07, 6.45) is -0.167. The number of halogens is 2. The lowest BCUT2D eigenvalue weighted by atomic mass is 10.0. The van der Waals surface area contributed by atoms with E-state index in [0.29, 0.717) is 23.5 Å². The molecule has 0 amide bonds. The summed E-state index contributed by atoms with van der Waals surface area (Å²) in [5, 5.41) is 3.14. The number of aldehydes is 1. The van der Waals surface area contributed by atoms with Gasteiger partial charge in [0.2, 0.25) is 0 Å². The van der Waals surface area contributed by atoms with Crippen LogP contribution in [-0.2, 0) is 6.54 Å². The van der Waals surface area contributed by atoms with Gasteiger partial charge in [0.25, 0.3) is 0 Å². The molecule has 6 heteroatoms. The predicted octanol–water partition coefficient (Wildman–Crippen LogP) is 5.21. The van der Waals surface area contributed by atoms with Crippen LogP contribution in [0, 0.1) is 5.82 Å². The molecule has 0 bridgehead atoms. The van der Waals surface area contributed by atoms with Crippen LogP contribution in [-0.4, -0.2) is 31.0 Å². The van der Waals surface area contributed by atoms with E-state index in [1.54, 1.807) is 31.3 Å². The minimum absolute atomic E-state index is 0.277. The number of hydrogen-bond donors (Lipinski definition) is 2. The molecule has 0 saturated carbocycles. The van der Waals surface area contributed by atoms with Gasteiger partial charge in [-0.1, -0.05) is 26.0 Å². The third-order valence-corrected chi connectivity index (χ3v) is 4.16. The topological polar surface area (TPSA) is 58.4 Å². The van der Waals surface area contributed by atoms with Gasteiger partial charge in [0.1, 0.15) is 18.3 Å². The van der Waals surface area contributed by atoms with E-state index in [1.807, 2.05) is 31.7 Å². The number of nitrogens with zero attached hydrogens (tertiary/aromatic N) is 1. The molecule has 4 nitrogen and oxygen atoms in total. The third kappa shape index (κ3) is 7.66. The van der Waals surface area contributed by atoms with Crippen LogP contribution >= 0.6 is 0 Å². The van der Waals surface area contributed by atoms with Crippen molar-refractivity contribution in [2.24, 2.45) is 5.73 Å². The molecule has 0 aromatic heterocycles. The van der Waals surface area contributed by atoms with Gasteiger partial charge in [0.15, 0.2) is 0 Å². The molecule has 158 valence electrons. The second kappa shape index (κ2) is 12.0. The molecule has 0 heterocycles. The molecule has 0 spiro atoms. The number of nitrogens with one attached hydrogen (secondary N) is 1. The second-order valence-corrected chi connectivity index (χ2v) is 6.68.